The predicted molar refractivity (Wildman–Crippen MR) is 123 cm³/mol. The number of carboxylic acid groups (broad SMARTS) is 1. The van der Waals surface area contributed by atoms with E-state index in [1.807, 2.05) is 11.0 Å². The second-order valence-corrected chi connectivity index (χ2v) is 9.33. The van der Waals surface area contributed by atoms with E-state index in [0.29, 0.717) is 43.9 Å². The number of ketones is 1. The molecule has 1 aliphatic heterocycles. The first kappa shape index (κ1) is 23.6. The highest BCUT2D eigenvalue weighted by molar-refractivity contribution is 7.81. The Morgan fingerprint density at radius 3 is 2.76 bits per heavy atom. The molecule has 1 aromatic carbocycles. The molecule has 0 amide bonds. The molecule has 2 heterocycles. The maximum atomic E-state index is 14.7. The lowest BCUT2D eigenvalue weighted by molar-refractivity contribution is -0.137. The molecule has 0 spiro atoms. The Morgan fingerprint density at radius 1 is 1.24 bits per heavy atom. The van der Waals surface area contributed by atoms with Crippen molar-refractivity contribution in [3.63, 3.8) is 0 Å². The third kappa shape index (κ3) is 5.86. The summed E-state index contributed by atoms with van der Waals surface area (Å²) in [6.07, 6.45) is 5.65. The molecule has 1 N–H and O–H groups in total. The molecule has 4 rings (SSSR count). The summed E-state index contributed by atoms with van der Waals surface area (Å²) in [4.78, 5) is 25.9. The summed E-state index contributed by atoms with van der Waals surface area (Å²) in [5.74, 6) is -0.522. The van der Waals surface area contributed by atoms with Crippen LogP contribution in [0.4, 0.5) is 4.39 Å². The topological polar surface area (TPSA) is 101 Å². The Kier molecular flexibility index (Phi) is 7.54. The van der Waals surface area contributed by atoms with Gasteiger partial charge in [0.25, 0.3) is 0 Å². The van der Waals surface area contributed by atoms with Crippen LogP contribution in [0.1, 0.15) is 56.0 Å². The molecule has 176 valence electrons. The molecule has 33 heavy (non-hydrogen) atoms. The molecular weight excluding hydrogens is 445 g/mol. The second kappa shape index (κ2) is 10.6. The Labute approximate surface area is 197 Å². The van der Waals surface area contributed by atoms with E-state index in [1.165, 1.54) is 6.07 Å². The Morgan fingerprint density at radius 2 is 2.03 bits per heavy atom. The lowest BCUT2D eigenvalue weighted by Gasteiger charge is -2.37. The average molecular weight is 474 g/mol. The molecule has 1 aromatic heterocycles. The van der Waals surface area contributed by atoms with Crippen molar-refractivity contribution in [2.24, 2.45) is 5.92 Å². The Balaban J connectivity index is 1.53. The number of aliphatic carboxylic acids is 1. The summed E-state index contributed by atoms with van der Waals surface area (Å²) in [7, 11) is 0. The Hall–Kier alpha value is -2.59. The van der Waals surface area contributed by atoms with E-state index in [-0.39, 0.29) is 29.2 Å². The zero-order valence-corrected chi connectivity index (χ0v) is 19.2. The van der Waals surface area contributed by atoms with Crippen LogP contribution in [0.15, 0.2) is 29.8 Å². The SMILES string of the molecule is O=C(O)CCCCn1nnnc1/C=C1\CN(C(C(=O)C2CC2)c2ccccc2F)CCC1S. The van der Waals surface area contributed by atoms with Gasteiger partial charge in [-0.25, -0.2) is 9.07 Å². The van der Waals surface area contributed by atoms with Gasteiger partial charge in [0.1, 0.15) is 5.82 Å². The summed E-state index contributed by atoms with van der Waals surface area (Å²) in [5, 5.41) is 20.7. The molecule has 1 saturated carbocycles. The van der Waals surface area contributed by atoms with E-state index in [1.54, 1.807) is 22.9 Å². The van der Waals surface area contributed by atoms with Crippen LogP contribution in [0, 0.1) is 11.7 Å². The fourth-order valence-corrected chi connectivity index (χ4v) is 4.52. The number of aromatic nitrogens is 4. The zero-order valence-electron chi connectivity index (χ0n) is 18.3. The number of thiol groups is 1. The maximum Gasteiger partial charge on any atom is 0.303 e. The molecular formula is C23H28FN5O3S. The third-order valence-corrected chi connectivity index (χ3v) is 6.79. The van der Waals surface area contributed by atoms with Gasteiger partial charge in [-0.15, -0.1) is 5.10 Å². The van der Waals surface area contributed by atoms with Crippen molar-refractivity contribution >= 4 is 30.5 Å². The number of nitrogens with zero attached hydrogens (tertiary/aromatic N) is 5. The lowest BCUT2D eigenvalue weighted by Crippen LogP contribution is -2.42. The quantitative estimate of drug-likeness (QED) is 0.404. The van der Waals surface area contributed by atoms with Crippen molar-refractivity contribution in [1.82, 2.24) is 25.1 Å². The molecule has 2 aromatic rings. The van der Waals surface area contributed by atoms with Crippen molar-refractivity contribution < 1.29 is 19.1 Å². The van der Waals surface area contributed by atoms with Gasteiger partial charge >= 0.3 is 5.97 Å². The number of carbonyl (C=O) groups excluding carboxylic acids is 1. The molecule has 0 radical (unpaired) electrons. The average Bonchev–Trinajstić information content (AvgIpc) is 3.55. The van der Waals surface area contributed by atoms with Crippen LogP contribution >= 0.6 is 12.6 Å². The van der Waals surface area contributed by atoms with Crippen molar-refractivity contribution in [2.45, 2.75) is 56.4 Å². The minimum absolute atomic E-state index is 0.00821. The summed E-state index contributed by atoms with van der Waals surface area (Å²) in [6, 6.07) is 5.90. The molecule has 2 fully saturated rings. The van der Waals surface area contributed by atoms with Crippen molar-refractivity contribution in [1.29, 1.82) is 0 Å². The standard InChI is InChI=1S/C23H28FN5O3S/c24-18-6-2-1-5-17(18)22(23(32)15-8-9-15)28-12-10-19(33)16(14-28)13-20-25-26-27-29(20)11-4-3-7-21(30)31/h1-2,5-6,13,15,19,22,33H,3-4,7-12,14H2,(H,30,31)/b16-13+. The number of likely N-dealkylation sites (tertiary alicyclic amines) is 1. The number of unbranched alkanes of at least 4 members (excludes halogenated alkanes) is 1. The van der Waals surface area contributed by atoms with E-state index in [0.717, 1.165) is 24.8 Å². The molecule has 0 bridgehead atoms. The molecule has 2 atom stereocenters. The predicted octanol–water partition coefficient (Wildman–Crippen LogP) is 3.18. The largest absolute Gasteiger partial charge is 0.481 e. The minimum atomic E-state index is -0.820. The third-order valence-electron chi connectivity index (χ3n) is 6.20. The molecule has 2 aliphatic rings. The number of tetrazole rings is 1. The van der Waals surface area contributed by atoms with Crippen LogP contribution in [-0.4, -0.2) is 60.3 Å². The fourth-order valence-electron chi connectivity index (χ4n) is 4.25. The molecule has 1 aliphatic carbocycles. The van der Waals surface area contributed by atoms with E-state index in [2.05, 4.69) is 15.5 Å². The van der Waals surface area contributed by atoms with Crippen LogP contribution in [0.2, 0.25) is 0 Å². The van der Waals surface area contributed by atoms with E-state index >= 15 is 0 Å². The number of hydrogen-bond acceptors (Lipinski definition) is 7. The molecule has 10 heteroatoms. The smallest absolute Gasteiger partial charge is 0.303 e. The number of aryl methyl sites for hydroxylation is 1. The van der Waals surface area contributed by atoms with Gasteiger partial charge in [0, 0.05) is 42.8 Å². The van der Waals surface area contributed by atoms with Gasteiger partial charge in [-0.3, -0.25) is 14.5 Å². The van der Waals surface area contributed by atoms with Gasteiger partial charge in [0.2, 0.25) is 0 Å². The number of carboxylic acids is 1. The lowest BCUT2D eigenvalue weighted by atomic mass is 9.93. The van der Waals surface area contributed by atoms with Crippen molar-refractivity contribution in [3.05, 3.63) is 47.0 Å². The first-order valence-corrected chi connectivity index (χ1v) is 11.8. The van der Waals surface area contributed by atoms with Gasteiger partial charge in [0.05, 0.1) is 6.04 Å². The Bertz CT molecular complexity index is 1040. The number of piperidine rings is 1. The van der Waals surface area contributed by atoms with Crippen LogP contribution in [0.25, 0.3) is 6.08 Å². The zero-order chi connectivity index (χ0) is 23.4. The normalized spacial score (nSPS) is 21.3. The highest BCUT2D eigenvalue weighted by Gasteiger charge is 2.40. The molecule has 1 saturated heterocycles. The second-order valence-electron chi connectivity index (χ2n) is 8.71. The number of halogens is 1. The number of hydrogen-bond donors (Lipinski definition) is 2. The van der Waals surface area contributed by atoms with Gasteiger partial charge in [-0.1, -0.05) is 18.2 Å². The number of Topliss-reactive ketones (excluding diaryl/α,β-unsaturated/α-hetero) is 1. The summed E-state index contributed by atoms with van der Waals surface area (Å²) in [6.45, 7) is 1.62. The molecule has 2 unspecified atom stereocenters. The van der Waals surface area contributed by atoms with E-state index in [9.17, 15) is 14.0 Å². The van der Waals surface area contributed by atoms with E-state index < -0.39 is 12.0 Å². The van der Waals surface area contributed by atoms with Crippen molar-refractivity contribution in [3.8, 4) is 0 Å². The summed E-state index contributed by atoms with van der Waals surface area (Å²) < 4.78 is 16.3. The van der Waals surface area contributed by atoms with Crippen molar-refractivity contribution in [2.75, 3.05) is 13.1 Å². The first-order chi connectivity index (χ1) is 15.9. The van der Waals surface area contributed by atoms with Crippen LogP contribution in [-0.2, 0) is 16.1 Å². The van der Waals surface area contributed by atoms with Crippen LogP contribution in [0.3, 0.4) is 0 Å². The number of carbonyl (C=O) groups is 2. The minimum Gasteiger partial charge on any atom is -0.481 e. The summed E-state index contributed by atoms with van der Waals surface area (Å²) in [5.41, 5.74) is 1.39. The van der Waals surface area contributed by atoms with Crippen LogP contribution < -0.4 is 0 Å². The van der Waals surface area contributed by atoms with Gasteiger partial charge in [0.15, 0.2) is 11.6 Å². The summed E-state index contributed by atoms with van der Waals surface area (Å²) >= 11 is 4.73. The van der Waals surface area contributed by atoms with Gasteiger partial charge in [-0.05, 0) is 60.2 Å². The van der Waals surface area contributed by atoms with Crippen LogP contribution in [0.5, 0.6) is 0 Å². The van der Waals surface area contributed by atoms with Gasteiger partial charge < -0.3 is 5.11 Å². The number of rotatable bonds is 10. The number of benzene rings is 1. The monoisotopic (exact) mass is 473 g/mol. The molecule has 8 nitrogen and oxygen atoms in total. The highest BCUT2D eigenvalue weighted by atomic mass is 32.1. The maximum absolute atomic E-state index is 14.7. The highest BCUT2D eigenvalue weighted by Crippen LogP contribution is 2.39. The first-order valence-electron chi connectivity index (χ1n) is 11.3. The fraction of sp³-hybridized carbons (Fsp3) is 0.522. The van der Waals surface area contributed by atoms with Gasteiger partial charge in [-0.2, -0.15) is 12.6 Å². The van der Waals surface area contributed by atoms with E-state index in [4.69, 9.17) is 17.7 Å².